The quantitative estimate of drug-likeness (QED) is 0.152. The number of hydrogen-bond donors (Lipinski definition) is 0. The minimum absolute atomic E-state index is 0. The number of aromatic nitrogens is 1. The summed E-state index contributed by atoms with van der Waals surface area (Å²) in [5.41, 5.74) is 5.78. The fourth-order valence-electron chi connectivity index (χ4n) is 6.23. The molecular weight excluding hydrogens is 731 g/mol. The van der Waals surface area contributed by atoms with Crippen LogP contribution in [0.3, 0.4) is 0 Å². The van der Waals surface area contributed by atoms with Gasteiger partial charge < -0.3 is 15.1 Å². The molecule has 0 fully saturated rings. The molecule has 6 aromatic rings. The van der Waals surface area contributed by atoms with E-state index in [4.69, 9.17) is 9.40 Å². The molecule has 0 aliphatic rings. The fraction of sp³-hybridized carbons (Fsp3) is 0.375. The van der Waals surface area contributed by atoms with Crippen molar-refractivity contribution in [2.45, 2.75) is 98.3 Å². The second-order valence-electron chi connectivity index (χ2n) is 13.6. The van der Waals surface area contributed by atoms with Crippen molar-refractivity contribution in [2.24, 2.45) is 0 Å². The van der Waals surface area contributed by atoms with Gasteiger partial charge in [0.15, 0.2) is 0 Å². The predicted octanol–water partition coefficient (Wildman–Crippen LogP) is 11.8. The van der Waals surface area contributed by atoms with Crippen LogP contribution < -0.4 is 0 Å². The van der Waals surface area contributed by atoms with Crippen LogP contribution in [0.5, 0.6) is 0 Å². The van der Waals surface area contributed by atoms with Crippen LogP contribution in [0.15, 0.2) is 83.3 Å². The van der Waals surface area contributed by atoms with Crippen molar-refractivity contribution in [2.75, 3.05) is 0 Å². The molecule has 5 heteroatoms. The third-order valence-corrected chi connectivity index (χ3v) is 7.84. The Kier molecular flexibility index (Phi) is 11.3. The zero-order chi connectivity index (χ0) is 31.6. The first-order valence-electron chi connectivity index (χ1n) is 16.0. The summed E-state index contributed by atoms with van der Waals surface area (Å²) in [6.07, 6.45) is 1.08. The number of para-hydroxylation sites is 2. The Hall–Kier alpha value is -3.08. The molecule has 45 heavy (non-hydrogen) atoms. The maximum absolute atomic E-state index is 6.40. The predicted molar refractivity (Wildman–Crippen MR) is 190 cm³/mol. The molecule has 4 aromatic carbocycles. The van der Waals surface area contributed by atoms with Crippen LogP contribution in [-0.2, 0) is 25.5 Å². The van der Waals surface area contributed by atoms with Crippen molar-refractivity contribution in [1.82, 2.24) is 4.98 Å². The van der Waals surface area contributed by atoms with Crippen molar-refractivity contribution in [3.05, 3.63) is 101 Å². The van der Waals surface area contributed by atoms with Crippen LogP contribution in [0.2, 0.25) is 0 Å². The van der Waals surface area contributed by atoms with Gasteiger partial charge >= 0.3 is 20.1 Å². The standard InChI is InChI=1S/C29H22NO.C11H24N2.Ir/c1-29(2,3)23-17-19(16-18-10-4-5-11-20(18)23)27-28-26(21-12-6-8-14-24(21)30-27)22-13-7-9-15-25(22)31-28;1-8(2)12-10(5)7-11(6)13-9(3)4;/h4-15,17H,1-3H3;8-11H,7H2,1-6H3;/q-1;-2;+3. The van der Waals surface area contributed by atoms with E-state index in [9.17, 15) is 0 Å². The van der Waals surface area contributed by atoms with Gasteiger partial charge in [-0.3, -0.25) is 4.98 Å². The largest absolute Gasteiger partial charge is 3.00 e. The molecule has 0 radical (unpaired) electrons. The van der Waals surface area contributed by atoms with Crippen LogP contribution in [0.1, 0.15) is 74.3 Å². The first-order chi connectivity index (χ1) is 20.9. The molecule has 2 aromatic heterocycles. The van der Waals surface area contributed by atoms with Gasteiger partial charge in [0.25, 0.3) is 0 Å². The molecule has 6 rings (SSSR count). The van der Waals surface area contributed by atoms with Gasteiger partial charge in [-0.1, -0.05) is 134 Å². The van der Waals surface area contributed by atoms with E-state index in [1.807, 2.05) is 18.2 Å². The molecule has 0 N–H and O–H groups in total. The van der Waals surface area contributed by atoms with E-state index in [0.29, 0.717) is 24.2 Å². The van der Waals surface area contributed by atoms with Crippen LogP contribution in [-0.4, -0.2) is 29.2 Å². The van der Waals surface area contributed by atoms with E-state index < -0.39 is 0 Å². The number of pyridine rings is 1. The summed E-state index contributed by atoms with van der Waals surface area (Å²) in [4.78, 5) is 5.07. The van der Waals surface area contributed by atoms with Crippen molar-refractivity contribution < 1.29 is 24.5 Å². The van der Waals surface area contributed by atoms with Crippen LogP contribution in [0, 0.1) is 6.07 Å². The molecule has 236 valence electrons. The zero-order valence-corrected chi connectivity index (χ0v) is 30.5. The molecule has 0 saturated carbocycles. The number of fused-ring (bicyclic) bond motifs is 6. The van der Waals surface area contributed by atoms with Crippen molar-refractivity contribution in [3.8, 4) is 11.3 Å². The minimum Gasteiger partial charge on any atom is -0.657 e. The Bertz CT molecular complexity index is 1870. The van der Waals surface area contributed by atoms with Gasteiger partial charge in [-0.25, -0.2) is 0 Å². The van der Waals surface area contributed by atoms with Gasteiger partial charge in [-0.05, 0) is 17.5 Å². The third kappa shape index (κ3) is 8.02. The molecule has 0 amide bonds. The van der Waals surface area contributed by atoms with Gasteiger partial charge in [0.05, 0.1) is 5.52 Å². The fourth-order valence-corrected chi connectivity index (χ4v) is 6.23. The summed E-state index contributed by atoms with van der Waals surface area (Å²) in [7, 11) is 0. The van der Waals surface area contributed by atoms with E-state index in [-0.39, 0.29) is 25.5 Å². The molecule has 0 aliphatic carbocycles. The number of hydrogen-bond acceptors (Lipinski definition) is 2. The minimum atomic E-state index is -0.00665. The SMILES string of the molecule is CC(C)(C)c1cc(-c2nc3ccccc3c3c2oc2ccccc23)[c-]c2ccccc12.CC(C)[N-]C(C)CC(C)[N-]C(C)C.[Ir+3]. The third-order valence-electron chi connectivity index (χ3n) is 7.84. The summed E-state index contributed by atoms with van der Waals surface area (Å²) in [6.45, 7) is 19.6. The molecule has 2 atom stereocenters. The van der Waals surface area contributed by atoms with Gasteiger partial charge in [0, 0.05) is 21.9 Å². The maximum atomic E-state index is 6.40. The van der Waals surface area contributed by atoms with Gasteiger partial charge in [-0.2, -0.15) is 0 Å². The summed E-state index contributed by atoms with van der Waals surface area (Å²) in [5, 5.41) is 14.8. The summed E-state index contributed by atoms with van der Waals surface area (Å²) in [5.74, 6) is 0. The van der Waals surface area contributed by atoms with E-state index in [0.717, 1.165) is 55.9 Å². The van der Waals surface area contributed by atoms with Crippen molar-refractivity contribution in [3.63, 3.8) is 0 Å². The molecular formula is C40H46IrN3O. The zero-order valence-electron chi connectivity index (χ0n) is 28.1. The van der Waals surface area contributed by atoms with Crippen molar-refractivity contribution >= 4 is 43.6 Å². The molecule has 4 nitrogen and oxygen atoms in total. The number of nitrogens with zero attached hydrogens (tertiary/aromatic N) is 3. The second-order valence-corrected chi connectivity index (χ2v) is 13.6. The summed E-state index contributed by atoms with van der Waals surface area (Å²) in [6, 6.07) is 32.7. The van der Waals surface area contributed by atoms with Crippen molar-refractivity contribution in [1.29, 1.82) is 0 Å². The Morgan fingerprint density at radius 1 is 0.733 bits per heavy atom. The van der Waals surface area contributed by atoms with Crippen LogP contribution in [0.25, 0.3) is 65.5 Å². The van der Waals surface area contributed by atoms with E-state index in [1.54, 1.807) is 0 Å². The Balaban J connectivity index is 0.000000283. The monoisotopic (exact) mass is 777 g/mol. The normalized spacial score (nSPS) is 13.3. The molecule has 0 spiro atoms. The number of benzene rings is 4. The van der Waals surface area contributed by atoms with E-state index >= 15 is 0 Å². The summed E-state index contributed by atoms with van der Waals surface area (Å²) >= 11 is 0. The van der Waals surface area contributed by atoms with Gasteiger partial charge in [0.1, 0.15) is 11.2 Å². The Morgan fingerprint density at radius 2 is 1.29 bits per heavy atom. The maximum Gasteiger partial charge on any atom is 3.00 e. The molecule has 2 unspecified atom stereocenters. The number of furan rings is 1. The molecule has 2 heterocycles. The van der Waals surface area contributed by atoms with E-state index in [2.05, 4.69) is 140 Å². The van der Waals surface area contributed by atoms with Crippen LogP contribution in [0.4, 0.5) is 0 Å². The Morgan fingerprint density at radius 3 is 1.91 bits per heavy atom. The smallest absolute Gasteiger partial charge is 0.657 e. The van der Waals surface area contributed by atoms with Crippen LogP contribution >= 0.6 is 0 Å². The average Bonchev–Trinajstić information content (AvgIpc) is 3.35. The average molecular weight is 777 g/mol. The van der Waals surface area contributed by atoms with E-state index in [1.165, 1.54) is 10.9 Å². The number of rotatable bonds is 7. The first kappa shape index (κ1) is 34.8. The van der Waals surface area contributed by atoms with Gasteiger partial charge in [-0.15, -0.1) is 53.3 Å². The molecule has 0 saturated heterocycles. The molecule has 0 bridgehead atoms. The molecule has 0 aliphatic heterocycles. The summed E-state index contributed by atoms with van der Waals surface area (Å²) < 4.78 is 6.40. The van der Waals surface area contributed by atoms with Gasteiger partial charge in [0.2, 0.25) is 0 Å². The second kappa shape index (κ2) is 14.6. The topological polar surface area (TPSA) is 54.2 Å². The Labute approximate surface area is 282 Å². The first-order valence-corrected chi connectivity index (χ1v) is 16.0.